The number of nitrogens with one attached hydrogen (secondary N) is 1. The zero-order chi connectivity index (χ0) is 13.3. The summed E-state index contributed by atoms with van der Waals surface area (Å²) in [5, 5.41) is 2.93. The summed E-state index contributed by atoms with van der Waals surface area (Å²) in [4.78, 5) is 0. The summed E-state index contributed by atoms with van der Waals surface area (Å²) >= 11 is 0. The van der Waals surface area contributed by atoms with Gasteiger partial charge in [-0.15, -0.1) is 0 Å². The molecule has 1 aliphatic heterocycles. The van der Waals surface area contributed by atoms with Gasteiger partial charge in [-0.25, -0.2) is 13.2 Å². The molecule has 0 saturated carbocycles. The van der Waals surface area contributed by atoms with E-state index in [0.717, 1.165) is 18.9 Å². The van der Waals surface area contributed by atoms with Crippen LogP contribution in [0.5, 0.6) is 0 Å². The average molecular weight is 259 g/mol. The number of halogens is 3. The normalized spacial score (nSPS) is 25.4. The van der Waals surface area contributed by atoms with Crippen molar-refractivity contribution in [3.63, 3.8) is 0 Å². The number of hydrogen-bond acceptors (Lipinski definition) is 2. The van der Waals surface area contributed by atoms with Crippen molar-refractivity contribution in [2.45, 2.75) is 31.4 Å². The molecule has 1 aromatic carbocycles. The van der Waals surface area contributed by atoms with Gasteiger partial charge < -0.3 is 10.1 Å². The van der Waals surface area contributed by atoms with Crippen LogP contribution in [0.4, 0.5) is 13.2 Å². The molecule has 1 aromatic rings. The summed E-state index contributed by atoms with van der Waals surface area (Å²) < 4.78 is 45.6. The first-order chi connectivity index (χ1) is 8.48. The first-order valence-corrected chi connectivity index (χ1v) is 5.93. The average Bonchev–Trinajstić information content (AvgIpc) is 2.74. The molecule has 0 aromatic heterocycles. The Labute approximate surface area is 104 Å². The van der Waals surface area contributed by atoms with Crippen molar-refractivity contribution in [3.8, 4) is 0 Å². The number of benzene rings is 1. The highest BCUT2D eigenvalue weighted by Crippen LogP contribution is 2.38. The molecule has 2 atom stereocenters. The molecule has 5 heteroatoms. The molecule has 0 spiro atoms. The van der Waals surface area contributed by atoms with Gasteiger partial charge in [-0.3, -0.25) is 0 Å². The summed E-state index contributed by atoms with van der Waals surface area (Å²) in [5.74, 6) is -2.98. The second-order valence-corrected chi connectivity index (χ2v) is 4.77. The maximum Gasteiger partial charge on any atom is 0.161 e. The summed E-state index contributed by atoms with van der Waals surface area (Å²) in [6, 6.07) is 0.974. The topological polar surface area (TPSA) is 21.3 Å². The van der Waals surface area contributed by atoms with E-state index in [0.29, 0.717) is 12.7 Å². The molecule has 2 nitrogen and oxygen atoms in total. The van der Waals surface area contributed by atoms with Crippen molar-refractivity contribution in [1.29, 1.82) is 0 Å². The van der Waals surface area contributed by atoms with E-state index >= 15 is 0 Å². The molecule has 1 N–H and O–H groups in total. The van der Waals surface area contributed by atoms with Crippen LogP contribution in [0.15, 0.2) is 12.1 Å². The van der Waals surface area contributed by atoms with Crippen molar-refractivity contribution < 1.29 is 17.9 Å². The van der Waals surface area contributed by atoms with Crippen molar-refractivity contribution in [2.24, 2.45) is 0 Å². The molecule has 1 heterocycles. The zero-order valence-corrected chi connectivity index (χ0v) is 10.4. The number of ether oxygens (including phenoxy) is 1. The predicted molar refractivity (Wildman–Crippen MR) is 61.7 cm³/mol. The number of hydrogen-bond donors (Lipinski definition) is 1. The van der Waals surface area contributed by atoms with Gasteiger partial charge in [0.1, 0.15) is 5.82 Å². The molecule has 100 valence electrons. The summed E-state index contributed by atoms with van der Waals surface area (Å²) in [6.07, 6.45) is 1.62. The van der Waals surface area contributed by atoms with Crippen LogP contribution in [0.3, 0.4) is 0 Å². The van der Waals surface area contributed by atoms with E-state index < -0.39 is 29.1 Å². The standard InChI is InChI=1S/C13H16F3NO/c1-13(4-3-5-18-13)12(17-2)8-6-10(15)11(16)7-9(8)14/h6-7,12,17H,3-5H2,1-2H3. The predicted octanol–water partition coefficient (Wildman–Crippen LogP) is 2.93. The van der Waals surface area contributed by atoms with Gasteiger partial charge >= 0.3 is 0 Å². The van der Waals surface area contributed by atoms with Crippen LogP contribution in [0.1, 0.15) is 31.4 Å². The van der Waals surface area contributed by atoms with Crippen LogP contribution in [-0.4, -0.2) is 19.3 Å². The Kier molecular flexibility index (Phi) is 3.64. The SMILES string of the molecule is CNC(c1cc(F)c(F)cc1F)C1(C)CCCO1. The Hall–Kier alpha value is -1.07. The minimum Gasteiger partial charge on any atom is -0.373 e. The van der Waals surface area contributed by atoms with Crippen LogP contribution in [0.25, 0.3) is 0 Å². The lowest BCUT2D eigenvalue weighted by Gasteiger charge is -2.33. The Morgan fingerprint density at radius 1 is 1.22 bits per heavy atom. The van der Waals surface area contributed by atoms with Crippen LogP contribution < -0.4 is 5.32 Å². The molecule has 0 aliphatic carbocycles. The zero-order valence-electron chi connectivity index (χ0n) is 10.4. The molecule has 1 aliphatic rings. The maximum absolute atomic E-state index is 13.8. The van der Waals surface area contributed by atoms with E-state index in [1.165, 1.54) is 0 Å². The number of likely N-dealkylation sites (N-methyl/N-ethyl adjacent to an activating group) is 1. The third-order valence-electron chi connectivity index (χ3n) is 3.50. The second kappa shape index (κ2) is 4.90. The third kappa shape index (κ3) is 2.24. The molecular formula is C13H16F3NO. The van der Waals surface area contributed by atoms with Crippen LogP contribution in [-0.2, 0) is 4.74 Å². The summed E-state index contributed by atoms with van der Waals surface area (Å²) in [6.45, 7) is 2.45. The summed E-state index contributed by atoms with van der Waals surface area (Å²) in [7, 11) is 1.65. The monoisotopic (exact) mass is 259 g/mol. The molecule has 1 fully saturated rings. The van der Waals surface area contributed by atoms with Gasteiger partial charge in [0, 0.05) is 18.2 Å². The smallest absolute Gasteiger partial charge is 0.161 e. The van der Waals surface area contributed by atoms with Crippen LogP contribution in [0, 0.1) is 17.5 Å². The Bertz CT molecular complexity index is 444. The van der Waals surface area contributed by atoms with Gasteiger partial charge in [0.25, 0.3) is 0 Å². The van der Waals surface area contributed by atoms with E-state index in [2.05, 4.69) is 5.32 Å². The fraction of sp³-hybridized carbons (Fsp3) is 0.538. The quantitative estimate of drug-likeness (QED) is 0.843. The van der Waals surface area contributed by atoms with E-state index in [1.807, 2.05) is 6.92 Å². The molecule has 0 amide bonds. The minimum atomic E-state index is -1.18. The third-order valence-corrected chi connectivity index (χ3v) is 3.50. The van der Waals surface area contributed by atoms with Crippen LogP contribution in [0.2, 0.25) is 0 Å². The van der Waals surface area contributed by atoms with Crippen molar-refractivity contribution in [1.82, 2.24) is 5.32 Å². The fourth-order valence-electron chi connectivity index (χ4n) is 2.58. The minimum absolute atomic E-state index is 0.0980. The second-order valence-electron chi connectivity index (χ2n) is 4.77. The van der Waals surface area contributed by atoms with Gasteiger partial charge in [0.05, 0.1) is 11.6 Å². The first-order valence-electron chi connectivity index (χ1n) is 5.93. The lowest BCUT2D eigenvalue weighted by molar-refractivity contribution is -0.0114. The lowest BCUT2D eigenvalue weighted by atomic mass is 9.87. The van der Waals surface area contributed by atoms with Gasteiger partial charge in [0.15, 0.2) is 11.6 Å². The van der Waals surface area contributed by atoms with Crippen molar-refractivity contribution >= 4 is 0 Å². The van der Waals surface area contributed by atoms with E-state index in [-0.39, 0.29) is 5.56 Å². The molecular weight excluding hydrogens is 243 g/mol. The Morgan fingerprint density at radius 3 is 2.44 bits per heavy atom. The Morgan fingerprint density at radius 2 is 1.89 bits per heavy atom. The highest BCUT2D eigenvalue weighted by atomic mass is 19.2. The first kappa shape index (κ1) is 13.4. The lowest BCUT2D eigenvalue weighted by Crippen LogP contribution is -2.40. The fourth-order valence-corrected chi connectivity index (χ4v) is 2.58. The van der Waals surface area contributed by atoms with E-state index in [9.17, 15) is 13.2 Å². The molecule has 2 unspecified atom stereocenters. The van der Waals surface area contributed by atoms with Crippen molar-refractivity contribution in [3.05, 3.63) is 35.1 Å². The molecule has 18 heavy (non-hydrogen) atoms. The molecule has 0 radical (unpaired) electrons. The van der Waals surface area contributed by atoms with Gasteiger partial charge in [-0.05, 0) is 32.9 Å². The molecule has 1 saturated heterocycles. The molecule has 0 bridgehead atoms. The maximum atomic E-state index is 13.8. The van der Waals surface area contributed by atoms with Crippen LogP contribution >= 0.6 is 0 Å². The van der Waals surface area contributed by atoms with Gasteiger partial charge in [-0.1, -0.05) is 0 Å². The van der Waals surface area contributed by atoms with E-state index in [4.69, 9.17) is 4.74 Å². The highest BCUT2D eigenvalue weighted by Gasteiger charge is 2.40. The van der Waals surface area contributed by atoms with E-state index in [1.54, 1.807) is 7.05 Å². The summed E-state index contributed by atoms with van der Waals surface area (Å²) in [5.41, 5.74) is -0.499. The Balaban J connectivity index is 2.41. The number of rotatable bonds is 3. The van der Waals surface area contributed by atoms with Gasteiger partial charge in [-0.2, -0.15) is 0 Å². The largest absolute Gasteiger partial charge is 0.373 e. The van der Waals surface area contributed by atoms with Gasteiger partial charge in [0.2, 0.25) is 0 Å². The highest BCUT2D eigenvalue weighted by molar-refractivity contribution is 5.26. The van der Waals surface area contributed by atoms with Crippen molar-refractivity contribution in [2.75, 3.05) is 13.7 Å². The molecule has 2 rings (SSSR count).